The molecule has 26 heavy (non-hydrogen) atoms. The largest absolute Gasteiger partial charge is 0.507 e. The number of Topliss-reactive ketones (excluding diaryl/α,β-unsaturated/α-hetero) is 1. The quantitative estimate of drug-likeness (QED) is 0.742. The van der Waals surface area contributed by atoms with E-state index in [-0.39, 0.29) is 11.5 Å². The number of nitrogens with zero attached hydrogens (tertiary/aromatic N) is 1. The molecule has 1 fully saturated rings. The summed E-state index contributed by atoms with van der Waals surface area (Å²) in [6.07, 6.45) is 4.09. The van der Waals surface area contributed by atoms with E-state index >= 15 is 0 Å². The maximum Gasteiger partial charge on any atom is 0.232 e. The monoisotopic (exact) mass is 413 g/mol. The first kappa shape index (κ1) is 17.3. The van der Waals surface area contributed by atoms with Gasteiger partial charge in [0.2, 0.25) is 5.78 Å². The standard InChI is InChI=1S/C21H20BrNO3/c1-13-9-17(24)16(12-23-7-2-3-8-23)21-19(13)20(25)18(26-21)11-14-5-4-6-15(22)10-14/h4-6,9-11,24H,2-3,7-8,12H2,1H3/b18-11-. The second-order valence-corrected chi connectivity index (χ2v) is 7.79. The summed E-state index contributed by atoms with van der Waals surface area (Å²) in [4.78, 5) is 15.2. The lowest BCUT2D eigenvalue weighted by Gasteiger charge is -2.18. The van der Waals surface area contributed by atoms with Gasteiger partial charge >= 0.3 is 0 Å². The summed E-state index contributed by atoms with van der Waals surface area (Å²) in [6, 6.07) is 9.38. The van der Waals surface area contributed by atoms with Crippen molar-refractivity contribution >= 4 is 27.8 Å². The highest BCUT2D eigenvalue weighted by molar-refractivity contribution is 9.10. The van der Waals surface area contributed by atoms with E-state index in [1.807, 2.05) is 31.2 Å². The zero-order chi connectivity index (χ0) is 18.3. The molecule has 0 radical (unpaired) electrons. The molecule has 1 N–H and O–H groups in total. The lowest BCUT2D eigenvalue weighted by atomic mass is 9.99. The van der Waals surface area contributed by atoms with Crippen LogP contribution in [0.1, 0.15) is 39.9 Å². The number of hydrogen-bond donors (Lipinski definition) is 1. The molecule has 4 nitrogen and oxygen atoms in total. The Kier molecular flexibility index (Phi) is 4.59. The second kappa shape index (κ2) is 6.89. The van der Waals surface area contributed by atoms with Crippen molar-refractivity contribution < 1.29 is 14.6 Å². The van der Waals surface area contributed by atoms with E-state index in [0.717, 1.165) is 28.7 Å². The van der Waals surface area contributed by atoms with Crippen molar-refractivity contribution in [3.63, 3.8) is 0 Å². The number of fused-ring (bicyclic) bond motifs is 1. The van der Waals surface area contributed by atoms with Crippen molar-refractivity contribution in [2.75, 3.05) is 13.1 Å². The summed E-state index contributed by atoms with van der Waals surface area (Å²) in [7, 11) is 0. The highest BCUT2D eigenvalue weighted by Crippen LogP contribution is 2.42. The first-order valence-electron chi connectivity index (χ1n) is 8.80. The lowest BCUT2D eigenvalue weighted by Crippen LogP contribution is -2.19. The van der Waals surface area contributed by atoms with E-state index in [2.05, 4.69) is 20.8 Å². The minimum absolute atomic E-state index is 0.125. The highest BCUT2D eigenvalue weighted by Gasteiger charge is 2.33. The molecule has 0 spiro atoms. The van der Waals surface area contributed by atoms with Crippen molar-refractivity contribution in [2.24, 2.45) is 0 Å². The number of rotatable bonds is 3. The molecule has 2 heterocycles. The Balaban J connectivity index is 1.73. The van der Waals surface area contributed by atoms with Gasteiger partial charge in [0.05, 0.1) is 11.1 Å². The number of aromatic hydroxyl groups is 1. The van der Waals surface area contributed by atoms with Crippen molar-refractivity contribution in [3.8, 4) is 11.5 Å². The van der Waals surface area contributed by atoms with Gasteiger partial charge in [-0.1, -0.05) is 28.1 Å². The number of aryl methyl sites for hydroxylation is 1. The van der Waals surface area contributed by atoms with Crippen LogP contribution < -0.4 is 4.74 Å². The number of allylic oxidation sites excluding steroid dienone is 1. The Hall–Kier alpha value is -2.11. The molecular formula is C21H20BrNO3. The van der Waals surface area contributed by atoms with Crippen LogP contribution in [0.4, 0.5) is 0 Å². The van der Waals surface area contributed by atoms with Crippen molar-refractivity contribution in [1.29, 1.82) is 0 Å². The predicted molar refractivity (Wildman–Crippen MR) is 104 cm³/mol. The Morgan fingerprint density at radius 2 is 2.04 bits per heavy atom. The van der Waals surface area contributed by atoms with E-state index in [1.54, 1.807) is 12.1 Å². The van der Waals surface area contributed by atoms with Gasteiger partial charge in [-0.25, -0.2) is 0 Å². The number of phenolic OH excluding ortho intramolecular Hbond substituents is 1. The van der Waals surface area contributed by atoms with Gasteiger partial charge < -0.3 is 9.84 Å². The third-order valence-electron chi connectivity index (χ3n) is 4.95. The molecule has 5 heteroatoms. The molecule has 0 atom stereocenters. The fraction of sp³-hybridized carbons (Fsp3) is 0.286. The summed E-state index contributed by atoms with van der Waals surface area (Å²) in [5.74, 6) is 0.889. The molecule has 0 aromatic heterocycles. The molecule has 4 rings (SSSR count). The lowest BCUT2D eigenvalue weighted by molar-refractivity contribution is 0.101. The van der Waals surface area contributed by atoms with Gasteiger partial charge in [-0.05, 0) is 68.3 Å². The van der Waals surface area contributed by atoms with Crippen LogP contribution >= 0.6 is 15.9 Å². The molecule has 2 aromatic rings. The highest BCUT2D eigenvalue weighted by atomic mass is 79.9. The van der Waals surface area contributed by atoms with E-state index < -0.39 is 0 Å². The molecule has 134 valence electrons. The van der Waals surface area contributed by atoms with Crippen LogP contribution in [0.3, 0.4) is 0 Å². The van der Waals surface area contributed by atoms with Crippen molar-refractivity contribution in [1.82, 2.24) is 4.90 Å². The van der Waals surface area contributed by atoms with Crippen LogP contribution in [0.15, 0.2) is 40.6 Å². The smallest absolute Gasteiger partial charge is 0.232 e. The summed E-state index contributed by atoms with van der Waals surface area (Å²) >= 11 is 3.44. The number of halogens is 1. The van der Waals surface area contributed by atoms with Crippen LogP contribution in [0.2, 0.25) is 0 Å². The summed E-state index contributed by atoms with van der Waals surface area (Å²) in [5.41, 5.74) is 2.90. The number of hydrogen-bond acceptors (Lipinski definition) is 4. The molecule has 2 aliphatic rings. The molecule has 1 saturated heterocycles. The van der Waals surface area contributed by atoms with Crippen LogP contribution in [-0.4, -0.2) is 28.9 Å². The number of ketones is 1. The Bertz CT molecular complexity index is 914. The number of ether oxygens (including phenoxy) is 1. The molecule has 0 unspecified atom stereocenters. The summed E-state index contributed by atoms with van der Waals surface area (Å²) in [5, 5.41) is 10.5. The Labute approximate surface area is 161 Å². The maximum atomic E-state index is 12.9. The van der Waals surface area contributed by atoms with Crippen LogP contribution in [0, 0.1) is 6.92 Å². The SMILES string of the molecule is Cc1cc(O)c(CN2CCCC2)c2c1C(=O)/C(=C/c1cccc(Br)c1)O2. The Morgan fingerprint density at radius 3 is 2.77 bits per heavy atom. The molecule has 0 saturated carbocycles. The van der Waals surface area contributed by atoms with E-state index in [9.17, 15) is 9.90 Å². The average molecular weight is 414 g/mol. The van der Waals surface area contributed by atoms with Crippen LogP contribution in [-0.2, 0) is 6.54 Å². The topological polar surface area (TPSA) is 49.8 Å². The molecule has 2 aromatic carbocycles. The molecule has 0 bridgehead atoms. The third kappa shape index (κ3) is 3.17. The van der Waals surface area contributed by atoms with Gasteiger partial charge in [0.1, 0.15) is 11.5 Å². The van der Waals surface area contributed by atoms with Crippen LogP contribution in [0.25, 0.3) is 6.08 Å². The Morgan fingerprint density at radius 1 is 1.27 bits per heavy atom. The second-order valence-electron chi connectivity index (χ2n) is 6.87. The molecular weight excluding hydrogens is 394 g/mol. The van der Waals surface area contributed by atoms with Gasteiger partial charge in [0.15, 0.2) is 5.76 Å². The van der Waals surface area contributed by atoms with E-state index in [0.29, 0.717) is 29.2 Å². The van der Waals surface area contributed by atoms with E-state index in [4.69, 9.17) is 4.74 Å². The fourth-order valence-corrected chi connectivity index (χ4v) is 4.06. The van der Waals surface area contributed by atoms with E-state index in [1.165, 1.54) is 12.8 Å². The van der Waals surface area contributed by atoms with Gasteiger partial charge in [-0.15, -0.1) is 0 Å². The van der Waals surface area contributed by atoms with Crippen molar-refractivity contribution in [3.05, 3.63) is 62.8 Å². The first-order valence-corrected chi connectivity index (χ1v) is 9.60. The normalized spacial score (nSPS) is 18.4. The minimum atomic E-state index is -0.125. The third-order valence-corrected chi connectivity index (χ3v) is 5.44. The number of carbonyl (C=O) groups is 1. The minimum Gasteiger partial charge on any atom is -0.507 e. The number of carbonyl (C=O) groups excluding carboxylic acids is 1. The van der Waals surface area contributed by atoms with Gasteiger partial charge in [-0.3, -0.25) is 9.69 Å². The van der Waals surface area contributed by atoms with Gasteiger partial charge in [0.25, 0.3) is 0 Å². The number of benzene rings is 2. The maximum absolute atomic E-state index is 12.9. The zero-order valence-corrected chi connectivity index (χ0v) is 16.2. The fourth-order valence-electron chi connectivity index (χ4n) is 3.64. The van der Waals surface area contributed by atoms with Gasteiger partial charge in [-0.2, -0.15) is 0 Å². The summed E-state index contributed by atoms with van der Waals surface area (Å²) < 4.78 is 6.92. The predicted octanol–water partition coefficient (Wildman–Crippen LogP) is 4.68. The zero-order valence-electron chi connectivity index (χ0n) is 14.6. The molecule has 2 aliphatic heterocycles. The number of phenols is 1. The molecule has 0 aliphatic carbocycles. The van der Waals surface area contributed by atoms with Gasteiger partial charge in [0, 0.05) is 11.0 Å². The molecule has 0 amide bonds. The number of likely N-dealkylation sites (tertiary alicyclic amines) is 1. The van der Waals surface area contributed by atoms with Crippen LogP contribution in [0.5, 0.6) is 11.5 Å². The van der Waals surface area contributed by atoms with Crippen molar-refractivity contribution in [2.45, 2.75) is 26.3 Å². The average Bonchev–Trinajstić information content (AvgIpc) is 3.20. The summed E-state index contributed by atoms with van der Waals surface area (Å²) in [6.45, 7) is 4.46. The first-order chi connectivity index (χ1) is 12.5.